The summed E-state index contributed by atoms with van der Waals surface area (Å²) in [7, 11) is 0. The molecule has 0 spiro atoms. The first-order valence-corrected chi connectivity index (χ1v) is 9.65. The fourth-order valence-corrected chi connectivity index (χ4v) is 3.35. The number of carbonyl (C=O) groups is 1. The van der Waals surface area contributed by atoms with Crippen molar-refractivity contribution in [3.05, 3.63) is 87.3 Å². The predicted octanol–water partition coefficient (Wildman–Crippen LogP) is 5.10. The van der Waals surface area contributed by atoms with E-state index in [0.29, 0.717) is 28.2 Å². The molecule has 0 aliphatic carbocycles. The van der Waals surface area contributed by atoms with Gasteiger partial charge in [-0.2, -0.15) is 9.67 Å². The molecule has 8 heteroatoms. The Balaban J connectivity index is 1.66. The van der Waals surface area contributed by atoms with Crippen LogP contribution in [0.5, 0.6) is 0 Å². The largest absolute Gasteiger partial charge is 0.350 e. The zero-order valence-corrected chi connectivity index (χ0v) is 16.0. The third-order valence-corrected chi connectivity index (χ3v) is 5.11. The molecule has 0 atom stereocenters. The molecule has 0 unspecified atom stereocenters. The maximum atomic E-state index is 13.1. The summed E-state index contributed by atoms with van der Waals surface area (Å²) < 4.78 is 14.3. The van der Waals surface area contributed by atoms with E-state index in [1.54, 1.807) is 48.5 Å². The summed E-state index contributed by atoms with van der Waals surface area (Å²) in [5.74, 6) is 0.144. The zero-order chi connectivity index (χ0) is 19.5. The summed E-state index contributed by atoms with van der Waals surface area (Å²) in [6.07, 6.45) is 0. The molecule has 0 aliphatic heterocycles. The van der Waals surface area contributed by atoms with Gasteiger partial charge in [-0.25, -0.2) is 4.39 Å². The van der Waals surface area contributed by atoms with Crippen LogP contribution >= 0.6 is 22.9 Å². The highest BCUT2D eigenvalue weighted by molar-refractivity contribution is 7.12. The lowest BCUT2D eigenvalue weighted by Gasteiger charge is -2.06. The molecule has 1 N–H and O–H groups in total. The number of carbonyl (C=O) groups excluding carboxylic acids is 1. The van der Waals surface area contributed by atoms with Crippen molar-refractivity contribution in [2.75, 3.05) is 5.32 Å². The van der Waals surface area contributed by atoms with Crippen molar-refractivity contribution in [1.29, 1.82) is 0 Å². The third-order valence-electron chi connectivity index (χ3n) is 4.00. The Hall–Kier alpha value is -3.03. The van der Waals surface area contributed by atoms with Crippen LogP contribution < -0.4 is 5.32 Å². The number of thiophene rings is 1. The minimum atomic E-state index is -0.301. The van der Waals surface area contributed by atoms with Gasteiger partial charge in [0.2, 0.25) is 5.95 Å². The second-order valence-electron chi connectivity index (χ2n) is 5.94. The minimum absolute atomic E-state index is 0.274. The van der Waals surface area contributed by atoms with E-state index in [9.17, 15) is 9.18 Å². The Morgan fingerprint density at radius 3 is 2.54 bits per heavy atom. The Morgan fingerprint density at radius 1 is 1.11 bits per heavy atom. The number of rotatable bonds is 5. The summed E-state index contributed by atoms with van der Waals surface area (Å²) in [6.45, 7) is 0.372. The van der Waals surface area contributed by atoms with Gasteiger partial charge in [0.25, 0.3) is 5.91 Å². The summed E-state index contributed by atoms with van der Waals surface area (Å²) in [4.78, 5) is 17.9. The number of nitrogens with one attached hydrogen (secondary N) is 1. The normalized spacial score (nSPS) is 10.8. The van der Waals surface area contributed by atoms with Crippen molar-refractivity contribution in [2.24, 2.45) is 0 Å². The Bertz CT molecular complexity index is 1090. The molecule has 0 radical (unpaired) electrons. The Labute approximate surface area is 169 Å². The number of benzene rings is 2. The molecule has 0 amide bonds. The van der Waals surface area contributed by atoms with E-state index < -0.39 is 0 Å². The number of nitrogens with zero attached hydrogens (tertiary/aromatic N) is 3. The highest BCUT2D eigenvalue weighted by Gasteiger charge is 2.19. The van der Waals surface area contributed by atoms with Gasteiger partial charge in [0.1, 0.15) is 5.82 Å². The molecule has 0 saturated carbocycles. The Morgan fingerprint density at radius 2 is 1.86 bits per heavy atom. The molecule has 2 heterocycles. The lowest BCUT2D eigenvalue weighted by atomic mass is 10.2. The van der Waals surface area contributed by atoms with E-state index >= 15 is 0 Å². The molecule has 0 aliphatic rings. The van der Waals surface area contributed by atoms with E-state index in [1.165, 1.54) is 28.2 Å². The van der Waals surface area contributed by atoms with Gasteiger partial charge in [0.15, 0.2) is 5.82 Å². The average molecular weight is 413 g/mol. The van der Waals surface area contributed by atoms with Crippen LogP contribution in [-0.4, -0.2) is 20.7 Å². The van der Waals surface area contributed by atoms with Crippen molar-refractivity contribution < 1.29 is 9.18 Å². The second-order valence-corrected chi connectivity index (χ2v) is 7.32. The summed E-state index contributed by atoms with van der Waals surface area (Å²) in [6, 6.07) is 16.7. The predicted molar refractivity (Wildman–Crippen MR) is 108 cm³/mol. The van der Waals surface area contributed by atoms with Crippen molar-refractivity contribution in [3.8, 4) is 11.4 Å². The quantitative estimate of drug-likeness (QED) is 0.495. The highest BCUT2D eigenvalue weighted by Crippen LogP contribution is 2.22. The molecule has 5 nitrogen and oxygen atoms in total. The number of anilines is 1. The first kappa shape index (κ1) is 18.3. The van der Waals surface area contributed by atoms with Crippen molar-refractivity contribution in [3.63, 3.8) is 0 Å². The highest BCUT2D eigenvalue weighted by atomic mass is 35.5. The van der Waals surface area contributed by atoms with Crippen molar-refractivity contribution in [2.45, 2.75) is 6.54 Å². The van der Waals surface area contributed by atoms with E-state index in [1.807, 2.05) is 5.38 Å². The SMILES string of the molecule is O=C(c1cccs1)n1nc(-c2ccc(Cl)cc2)nc1NCc1ccc(F)cc1. The van der Waals surface area contributed by atoms with Gasteiger partial charge in [-0.3, -0.25) is 4.79 Å². The van der Waals surface area contributed by atoms with E-state index in [4.69, 9.17) is 11.6 Å². The van der Waals surface area contributed by atoms with Crippen LogP contribution in [0.15, 0.2) is 66.0 Å². The van der Waals surface area contributed by atoms with Gasteiger partial charge in [-0.1, -0.05) is 29.8 Å². The first-order chi connectivity index (χ1) is 13.6. The molecular formula is C20H14ClFN4OS. The molecule has 0 fully saturated rings. The molecule has 0 saturated heterocycles. The number of hydrogen-bond donors (Lipinski definition) is 1. The monoisotopic (exact) mass is 412 g/mol. The number of hydrogen-bond acceptors (Lipinski definition) is 5. The van der Waals surface area contributed by atoms with Crippen molar-refractivity contribution in [1.82, 2.24) is 14.8 Å². The number of aromatic nitrogens is 3. The fourth-order valence-electron chi connectivity index (χ4n) is 2.58. The first-order valence-electron chi connectivity index (χ1n) is 8.40. The van der Waals surface area contributed by atoms with Crippen LogP contribution in [0, 0.1) is 5.82 Å². The minimum Gasteiger partial charge on any atom is -0.350 e. The second kappa shape index (κ2) is 7.92. The van der Waals surface area contributed by atoms with Gasteiger partial charge >= 0.3 is 0 Å². The molecule has 4 rings (SSSR count). The average Bonchev–Trinajstić information content (AvgIpc) is 3.38. The molecule has 140 valence electrons. The van der Waals surface area contributed by atoms with Crippen LogP contribution in [0.4, 0.5) is 10.3 Å². The van der Waals surface area contributed by atoms with Gasteiger partial charge in [-0.15, -0.1) is 16.4 Å². The van der Waals surface area contributed by atoms with Gasteiger partial charge in [0, 0.05) is 17.1 Å². The molecular weight excluding hydrogens is 399 g/mol. The molecule has 2 aromatic carbocycles. The molecule has 4 aromatic rings. The third kappa shape index (κ3) is 3.95. The van der Waals surface area contributed by atoms with E-state index in [-0.39, 0.29) is 11.7 Å². The van der Waals surface area contributed by atoms with E-state index in [2.05, 4.69) is 15.4 Å². The Kier molecular flexibility index (Phi) is 5.18. The lowest BCUT2D eigenvalue weighted by molar-refractivity contribution is 0.0951. The van der Waals surface area contributed by atoms with Gasteiger partial charge in [-0.05, 0) is 53.4 Å². The van der Waals surface area contributed by atoms with E-state index in [0.717, 1.165) is 11.1 Å². The van der Waals surface area contributed by atoms with Crippen LogP contribution in [0.2, 0.25) is 5.02 Å². The smallest absolute Gasteiger partial charge is 0.291 e. The van der Waals surface area contributed by atoms with Crippen LogP contribution in [0.3, 0.4) is 0 Å². The topological polar surface area (TPSA) is 59.8 Å². The van der Waals surface area contributed by atoms with Crippen LogP contribution in [-0.2, 0) is 6.54 Å². The summed E-state index contributed by atoms with van der Waals surface area (Å²) in [5.41, 5.74) is 1.60. The molecule has 0 bridgehead atoms. The number of halogens is 2. The molecule has 28 heavy (non-hydrogen) atoms. The van der Waals surface area contributed by atoms with Gasteiger partial charge in [0.05, 0.1) is 4.88 Å². The molecule has 2 aromatic heterocycles. The van der Waals surface area contributed by atoms with Crippen molar-refractivity contribution >= 4 is 34.8 Å². The van der Waals surface area contributed by atoms with Crippen LogP contribution in [0.1, 0.15) is 15.2 Å². The van der Waals surface area contributed by atoms with Crippen LogP contribution in [0.25, 0.3) is 11.4 Å². The lowest BCUT2D eigenvalue weighted by Crippen LogP contribution is -2.16. The zero-order valence-electron chi connectivity index (χ0n) is 14.5. The maximum Gasteiger partial charge on any atom is 0.291 e. The fraction of sp³-hybridized carbons (Fsp3) is 0.0500. The standard InChI is InChI=1S/C20H14ClFN4OS/c21-15-7-5-14(6-8-15)18-24-20(23-12-13-3-9-16(22)10-4-13)26(25-18)19(27)17-2-1-11-28-17/h1-11H,12H2,(H,23,24,25). The van der Waals surface area contributed by atoms with Gasteiger partial charge < -0.3 is 5.32 Å². The summed E-state index contributed by atoms with van der Waals surface area (Å²) >= 11 is 7.28. The maximum absolute atomic E-state index is 13.1. The summed E-state index contributed by atoms with van der Waals surface area (Å²) in [5, 5.41) is 9.94.